The third-order valence-electron chi connectivity index (χ3n) is 0.966. The van der Waals surface area contributed by atoms with E-state index in [1.54, 1.807) is 6.07 Å². The Bertz CT molecular complexity index is 272. The summed E-state index contributed by atoms with van der Waals surface area (Å²) < 4.78 is 0.488. The summed E-state index contributed by atoms with van der Waals surface area (Å²) >= 11 is 8.73. The molecule has 10 heavy (non-hydrogen) atoms. The van der Waals surface area contributed by atoms with Crippen molar-refractivity contribution in [1.29, 1.82) is 5.26 Å². The molecule has 0 amide bonds. The Labute approximate surface area is 71.6 Å². The lowest BCUT2D eigenvalue weighted by molar-refractivity contribution is 1.25. The van der Waals surface area contributed by atoms with Gasteiger partial charge in [-0.05, 0) is 22.0 Å². The van der Waals surface area contributed by atoms with Crippen molar-refractivity contribution in [3.05, 3.63) is 27.5 Å². The summed E-state index contributed by atoms with van der Waals surface area (Å²) in [6.45, 7) is 0. The molecule has 0 atom stereocenters. The number of hydrogen-bond acceptors (Lipinski definition) is 2. The van der Waals surface area contributed by atoms with Crippen LogP contribution >= 0.6 is 27.5 Å². The fourth-order valence-corrected chi connectivity index (χ4v) is 1.24. The van der Waals surface area contributed by atoms with Gasteiger partial charge in [0.15, 0.2) is 0 Å². The van der Waals surface area contributed by atoms with E-state index in [0.717, 1.165) is 0 Å². The van der Waals surface area contributed by atoms with Crippen molar-refractivity contribution < 1.29 is 0 Å². The van der Waals surface area contributed by atoms with E-state index in [2.05, 4.69) is 20.9 Å². The second-order valence-electron chi connectivity index (χ2n) is 1.57. The Balaban J connectivity index is 3.34. The molecule has 1 aromatic rings. The van der Waals surface area contributed by atoms with E-state index in [1.807, 2.05) is 6.07 Å². The summed E-state index contributed by atoms with van der Waals surface area (Å²) in [6, 6.07) is 3.50. The molecular formula is C6H2BrClN2. The maximum absolute atomic E-state index is 8.49. The maximum Gasteiger partial charge on any atom is 0.125 e. The second kappa shape index (κ2) is 3.00. The van der Waals surface area contributed by atoms with Crippen LogP contribution in [-0.2, 0) is 0 Å². The largest absolute Gasteiger partial charge is 0.248 e. The third-order valence-corrected chi connectivity index (χ3v) is 1.88. The monoisotopic (exact) mass is 216 g/mol. The quantitative estimate of drug-likeness (QED) is 0.626. The molecule has 0 aliphatic heterocycles. The number of halogens is 2. The highest BCUT2D eigenvalue weighted by molar-refractivity contribution is 9.10. The van der Waals surface area contributed by atoms with Crippen LogP contribution in [0, 0.1) is 11.3 Å². The lowest BCUT2D eigenvalue weighted by atomic mass is 10.3. The molecule has 0 aromatic carbocycles. The molecule has 0 fully saturated rings. The normalized spacial score (nSPS) is 8.90. The summed E-state index contributed by atoms with van der Waals surface area (Å²) in [4.78, 5) is 3.82. The van der Waals surface area contributed by atoms with Gasteiger partial charge in [-0.1, -0.05) is 11.6 Å². The van der Waals surface area contributed by atoms with Crippen molar-refractivity contribution in [3.63, 3.8) is 0 Å². The number of hydrogen-bond donors (Lipinski definition) is 0. The molecule has 0 saturated heterocycles. The standard InChI is InChI=1S/C6H2BrClN2/c7-6-4(3-9)5(8)1-2-10-6/h1-2H. The minimum atomic E-state index is 0.379. The zero-order chi connectivity index (χ0) is 7.56. The summed E-state index contributed by atoms with van der Waals surface area (Å²) in [5.41, 5.74) is 0.379. The van der Waals surface area contributed by atoms with Crippen LogP contribution in [-0.4, -0.2) is 4.98 Å². The zero-order valence-electron chi connectivity index (χ0n) is 4.81. The van der Waals surface area contributed by atoms with Gasteiger partial charge >= 0.3 is 0 Å². The van der Waals surface area contributed by atoms with Crippen LogP contribution < -0.4 is 0 Å². The van der Waals surface area contributed by atoms with Gasteiger partial charge in [0.25, 0.3) is 0 Å². The van der Waals surface area contributed by atoms with Crippen LogP contribution in [0.3, 0.4) is 0 Å². The van der Waals surface area contributed by atoms with Gasteiger partial charge in [0.1, 0.15) is 16.2 Å². The summed E-state index contributed by atoms with van der Waals surface area (Å²) in [5, 5.41) is 8.92. The molecule has 50 valence electrons. The number of pyridine rings is 1. The summed E-state index contributed by atoms with van der Waals surface area (Å²) in [7, 11) is 0. The molecule has 0 bridgehead atoms. The summed E-state index contributed by atoms with van der Waals surface area (Å²) in [5.74, 6) is 0. The van der Waals surface area contributed by atoms with Crippen LogP contribution in [0.15, 0.2) is 16.9 Å². The molecule has 0 radical (unpaired) electrons. The maximum atomic E-state index is 8.49. The molecule has 0 saturated carbocycles. The molecule has 0 unspecified atom stereocenters. The number of rotatable bonds is 0. The van der Waals surface area contributed by atoms with E-state index in [1.165, 1.54) is 6.20 Å². The van der Waals surface area contributed by atoms with E-state index in [4.69, 9.17) is 16.9 Å². The van der Waals surface area contributed by atoms with Crippen LogP contribution in [0.1, 0.15) is 5.56 Å². The molecule has 0 aliphatic rings. The smallest absolute Gasteiger partial charge is 0.125 e. The Morgan fingerprint density at radius 3 is 2.80 bits per heavy atom. The molecule has 2 nitrogen and oxygen atoms in total. The number of nitriles is 1. The van der Waals surface area contributed by atoms with E-state index in [-0.39, 0.29) is 0 Å². The van der Waals surface area contributed by atoms with Gasteiger partial charge in [0.2, 0.25) is 0 Å². The first-order chi connectivity index (χ1) is 4.75. The Kier molecular flexibility index (Phi) is 2.25. The van der Waals surface area contributed by atoms with Crippen LogP contribution in [0.5, 0.6) is 0 Å². The van der Waals surface area contributed by atoms with Crippen molar-refractivity contribution in [2.45, 2.75) is 0 Å². The van der Waals surface area contributed by atoms with Gasteiger partial charge < -0.3 is 0 Å². The van der Waals surface area contributed by atoms with Gasteiger partial charge in [0.05, 0.1) is 5.02 Å². The Hall–Kier alpha value is -0.590. The minimum Gasteiger partial charge on any atom is -0.248 e. The fourth-order valence-electron chi connectivity index (χ4n) is 0.514. The van der Waals surface area contributed by atoms with Crippen molar-refractivity contribution >= 4 is 27.5 Å². The van der Waals surface area contributed by atoms with Crippen molar-refractivity contribution in [2.75, 3.05) is 0 Å². The average Bonchev–Trinajstić information content (AvgIpc) is 1.88. The Morgan fingerprint density at radius 2 is 2.40 bits per heavy atom. The molecule has 1 heterocycles. The van der Waals surface area contributed by atoms with E-state index in [9.17, 15) is 0 Å². The summed E-state index contributed by atoms with van der Waals surface area (Å²) in [6.07, 6.45) is 1.53. The van der Waals surface area contributed by atoms with Gasteiger partial charge in [0, 0.05) is 6.20 Å². The van der Waals surface area contributed by atoms with Gasteiger partial charge in [-0.25, -0.2) is 4.98 Å². The highest BCUT2D eigenvalue weighted by atomic mass is 79.9. The molecule has 0 spiro atoms. The zero-order valence-corrected chi connectivity index (χ0v) is 7.15. The van der Waals surface area contributed by atoms with Gasteiger partial charge in [-0.3, -0.25) is 0 Å². The number of aromatic nitrogens is 1. The lowest BCUT2D eigenvalue weighted by Crippen LogP contribution is -1.82. The predicted octanol–water partition coefficient (Wildman–Crippen LogP) is 2.37. The van der Waals surface area contributed by atoms with Crippen LogP contribution in [0.2, 0.25) is 5.02 Å². The van der Waals surface area contributed by atoms with E-state index in [0.29, 0.717) is 15.2 Å². The lowest BCUT2D eigenvalue weighted by Gasteiger charge is -1.93. The minimum absolute atomic E-state index is 0.379. The van der Waals surface area contributed by atoms with E-state index >= 15 is 0 Å². The van der Waals surface area contributed by atoms with Gasteiger partial charge in [-0.15, -0.1) is 0 Å². The first-order valence-electron chi connectivity index (χ1n) is 2.46. The molecular weight excluding hydrogens is 215 g/mol. The molecule has 0 aliphatic carbocycles. The second-order valence-corrected chi connectivity index (χ2v) is 2.73. The van der Waals surface area contributed by atoms with Crippen molar-refractivity contribution in [3.8, 4) is 6.07 Å². The number of nitrogens with zero attached hydrogens (tertiary/aromatic N) is 2. The molecule has 1 aromatic heterocycles. The third kappa shape index (κ3) is 1.28. The predicted molar refractivity (Wildman–Crippen MR) is 41.7 cm³/mol. The van der Waals surface area contributed by atoms with Crippen molar-refractivity contribution in [1.82, 2.24) is 4.98 Å². The van der Waals surface area contributed by atoms with Crippen LogP contribution in [0.4, 0.5) is 0 Å². The molecule has 4 heteroatoms. The van der Waals surface area contributed by atoms with Crippen LogP contribution in [0.25, 0.3) is 0 Å². The average molecular weight is 217 g/mol. The molecule has 1 rings (SSSR count). The first-order valence-corrected chi connectivity index (χ1v) is 3.63. The Morgan fingerprint density at radius 1 is 1.70 bits per heavy atom. The highest BCUT2D eigenvalue weighted by Gasteiger charge is 2.02. The highest BCUT2D eigenvalue weighted by Crippen LogP contribution is 2.20. The van der Waals surface area contributed by atoms with Gasteiger partial charge in [-0.2, -0.15) is 5.26 Å². The fraction of sp³-hybridized carbons (Fsp3) is 0. The van der Waals surface area contributed by atoms with Crippen molar-refractivity contribution in [2.24, 2.45) is 0 Å². The topological polar surface area (TPSA) is 36.7 Å². The SMILES string of the molecule is N#Cc1c(Cl)ccnc1Br. The first kappa shape index (κ1) is 7.52. The molecule has 0 N–H and O–H groups in total. The van der Waals surface area contributed by atoms with E-state index < -0.39 is 0 Å².